The first-order valence-corrected chi connectivity index (χ1v) is 14.4. The predicted octanol–water partition coefficient (Wildman–Crippen LogP) is 6.06. The zero-order valence-electron chi connectivity index (χ0n) is 24.9. The van der Waals surface area contributed by atoms with Crippen molar-refractivity contribution >= 4 is 22.6 Å². The summed E-state index contributed by atoms with van der Waals surface area (Å²) in [5.74, 6) is -0.646. The summed E-state index contributed by atoms with van der Waals surface area (Å²) < 4.78 is 5.75. The van der Waals surface area contributed by atoms with Crippen LogP contribution in [0.3, 0.4) is 0 Å². The number of hydrazone groups is 1. The third kappa shape index (κ3) is 7.50. The van der Waals surface area contributed by atoms with Gasteiger partial charge in [0, 0.05) is 55.1 Å². The van der Waals surface area contributed by atoms with Crippen LogP contribution in [0.1, 0.15) is 62.0 Å². The summed E-state index contributed by atoms with van der Waals surface area (Å²) in [6.07, 6.45) is 3.11. The number of nitrogens with zero attached hydrogens (tertiary/aromatic N) is 3. The van der Waals surface area contributed by atoms with Crippen molar-refractivity contribution in [3.05, 3.63) is 106 Å². The molecule has 2 heterocycles. The Hall–Kier alpha value is -4.30. The highest BCUT2D eigenvalue weighted by Gasteiger charge is 2.35. The summed E-state index contributed by atoms with van der Waals surface area (Å²) in [7, 11) is 0. The molecule has 2 atom stereocenters. The summed E-state index contributed by atoms with van der Waals surface area (Å²) in [6, 6.07) is 19.9. The van der Waals surface area contributed by atoms with Crippen LogP contribution in [0.5, 0.6) is 5.75 Å². The van der Waals surface area contributed by atoms with Gasteiger partial charge in [-0.15, -0.1) is 0 Å². The van der Waals surface area contributed by atoms with Crippen LogP contribution >= 0.6 is 0 Å². The molecule has 0 spiro atoms. The minimum Gasteiger partial charge on any atom is -0.507 e. The van der Waals surface area contributed by atoms with Gasteiger partial charge in [-0.2, -0.15) is 5.10 Å². The fraction of sp³-hybridized carbons (Fsp3) is 0.353. The number of carbonyl (C=O) groups excluding carboxylic acids is 1. The second-order valence-electron chi connectivity index (χ2n) is 11.6. The average Bonchev–Trinajstić information content (AvgIpc) is 2.97. The van der Waals surface area contributed by atoms with E-state index in [9.17, 15) is 14.7 Å². The number of aromatic hydroxyl groups is 1. The molecule has 2 aromatic carbocycles. The third-order valence-electron chi connectivity index (χ3n) is 7.21. The number of hydrogen-bond donors (Lipinski definition) is 2. The van der Waals surface area contributed by atoms with E-state index in [1.54, 1.807) is 48.8 Å². The van der Waals surface area contributed by atoms with Crippen LogP contribution < -0.4 is 11.1 Å². The van der Waals surface area contributed by atoms with Gasteiger partial charge in [-0.3, -0.25) is 9.78 Å². The third-order valence-corrected chi connectivity index (χ3v) is 7.21. The van der Waals surface area contributed by atoms with Crippen LogP contribution in [0.4, 0.5) is 0 Å². The normalized spacial score (nSPS) is 13.6. The fourth-order valence-corrected chi connectivity index (χ4v) is 5.49. The molecule has 8 nitrogen and oxygen atoms in total. The molecule has 0 radical (unpaired) electrons. The summed E-state index contributed by atoms with van der Waals surface area (Å²) in [5, 5.41) is 16.6. The molecule has 1 amide bonds. The van der Waals surface area contributed by atoms with Crippen molar-refractivity contribution < 1.29 is 14.3 Å². The second kappa shape index (κ2) is 14.0. The maximum Gasteiger partial charge on any atom is 0.343 e. The summed E-state index contributed by atoms with van der Waals surface area (Å²) in [5.41, 5.74) is 4.48. The van der Waals surface area contributed by atoms with Gasteiger partial charge in [0.1, 0.15) is 11.3 Å². The molecule has 4 aromatic rings. The van der Waals surface area contributed by atoms with E-state index in [1.807, 2.05) is 37.3 Å². The molecule has 0 aliphatic rings. The highest BCUT2D eigenvalue weighted by molar-refractivity contribution is 5.95. The van der Waals surface area contributed by atoms with Gasteiger partial charge in [-0.25, -0.2) is 10.2 Å². The van der Waals surface area contributed by atoms with Crippen LogP contribution in [-0.2, 0) is 0 Å². The smallest absolute Gasteiger partial charge is 0.343 e. The Morgan fingerprint density at radius 2 is 1.55 bits per heavy atom. The lowest BCUT2D eigenvalue weighted by Crippen LogP contribution is -2.41. The van der Waals surface area contributed by atoms with E-state index in [-0.39, 0.29) is 17.2 Å². The number of aromatic nitrogens is 1. The zero-order valence-corrected chi connectivity index (χ0v) is 24.9. The van der Waals surface area contributed by atoms with Gasteiger partial charge in [0.15, 0.2) is 0 Å². The predicted molar refractivity (Wildman–Crippen MR) is 167 cm³/mol. The van der Waals surface area contributed by atoms with Crippen LogP contribution in [-0.4, -0.2) is 46.2 Å². The number of carbonyl (C=O) groups is 1. The van der Waals surface area contributed by atoms with Crippen LogP contribution in [0.15, 0.2) is 93.4 Å². The lowest BCUT2D eigenvalue weighted by atomic mass is 9.78. The van der Waals surface area contributed by atoms with Crippen LogP contribution in [0.25, 0.3) is 11.0 Å². The Kier molecular flexibility index (Phi) is 10.3. The minimum atomic E-state index is -0.601. The van der Waals surface area contributed by atoms with Gasteiger partial charge in [-0.05, 0) is 48.6 Å². The molecule has 0 fully saturated rings. The topological polar surface area (TPSA) is 108 Å². The first kappa shape index (κ1) is 30.7. The quantitative estimate of drug-likeness (QED) is 0.122. The molecule has 4 rings (SSSR count). The zero-order chi connectivity index (χ0) is 30.2. The van der Waals surface area contributed by atoms with E-state index in [4.69, 9.17) is 4.42 Å². The molecule has 8 heteroatoms. The fourth-order valence-electron chi connectivity index (χ4n) is 5.49. The number of pyridine rings is 1. The lowest BCUT2D eigenvalue weighted by molar-refractivity contribution is 0.0954. The molecular weight excluding hydrogens is 528 g/mol. The maximum atomic E-state index is 13.6. The van der Waals surface area contributed by atoms with E-state index < -0.39 is 17.5 Å². The molecule has 42 heavy (non-hydrogen) atoms. The number of hydrogen-bond acceptors (Lipinski definition) is 7. The molecule has 0 unspecified atom stereocenters. The number of fused-ring (bicyclic) bond motifs is 1. The molecule has 0 saturated heterocycles. The van der Waals surface area contributed by atoms with Crippen molar-refractivity contribution in [2.75, 3.05) is 19.6 Å². The Bertz CT molecular complexity index is 1560. The first-order valence-electron chi connectivity index (χ1n) is 14.4. The Labute approximate surface area is 247 Å². The van der Waals surface area contributed by atoms with Crippen molar-refractivity contribution in [3.63, 3.8) is 0 Å². The van der Waals surface area contributed by atoms with E-state index in [2.05, 4.69) is 48.1 Å². The number of nitrogens with one attached hydrogen (secondary N) is 1. The molecule has 2 N–H and O–H groups in total. The van der Waals surface area contributed by atoms with E-state index in [0.717, 1.165) is 18.7 Å². The maximum absolute atomic E-state index is 13.6. The summed E-state index contributed by atoms with van der Waals surface area (Å²) >= 11 is 0. The Morgan fingerprint density at radius 1 is 0.929 bits per heavy atom. The van der Waals surface area contributed by atoms with Crippen LogP contribution in [0, 0.1) is 17.8 Å². The summed E-state index contributed by atoms with van der Waals surface area (Å²) in [6.45, 7) is 12.8. The number of amides is 1. The number of para-hydroxylation sites is 1. The Balaban J connectivity index is 1.88. The van der Waals surface area contributed by atoms with Gasteiger partial charge in [0.05, 0.1) is 10.9 Å². The lowest BCUT2D eigenvalue weighted by Gasteiger charge is -2.34. The van der Waals surface area contributed by atoms with E-state index in [0.29, 0.717) is 40.6 Å². The van der Waals surface area contributed by atoms with Crippen molar-refractivity contribution in [1.29, 1.82) is 0 Å². The van der Waals surface area contributed by atoms with E-state index in [1.165, 1.54) is 0 Å². The second-order valence-corrected chi connectivity index (χ2v) is 11.6. The highest BCUT2D eigenvalue weighted by Crippen LogP contribution is 2.39. The minimum absolute atomic E-state index is 0.103. The molecule has 0 aliphatic carbocycles. The van der Waals surface area contributed by atoms with Gasteiger partial charge in [0.2, 0.25) is 0 Å². The first-order chi connectivity index (χ1) is 20.2. The standard InChI is InChI=1S/C34H40N4O4/c1-22(2)19-38(20-23(3)4)21-28(24(5)36-37-33(40)26-15-17-35-18-16-26)30(25-11-7-6-8-12-25)31-32(39)27-13-9-10-14-29(27)42-34(31)41/h6-18,22-23,28,30,39H,19-21H2,1-5H3,(H,37,40)/b36-24+/t28-,30+/m0/s1. The number of rotatable bonds is 12. The largest absolute Gasteiger partial charge is 0.507 e. The molecule has 0 bridgehead atoms. The summed E-state index contributed by atoms with van der Waals surface area (Å²) in [4.78, 5) is 32.9. The van der Waals surface area contributed by atoms with Crippen molar-refractivity contribution in [3.8, 4) is 5.75 Å². The van der Waals surface area contributed by atoms with Crippen molar-refractivity contribution in [1.82, 2.24) is 15.3 Å². The molecule has 220 valence electrons. The van der Waals surface area contributed by atoms with Gasteiger partial charge in [-0.1, -0.05) is 70.2 Å². The molecule has 0 saturated carbocycles. The number of benzene rings is 2. The van der Waals surface area contributed by atoms with Gasteiger partial charge >= 0.3 is 5.63 Å². The molecular formula is C34H40N4O4. The van der Waals surface area contributed by atoms with Crippen LogP contribution in [0.2, 0.25) is 0 Å². The SMILES string of the molecule is C/C(=N\NC(=O)c1ccncc1)[C@H](CN(CC(C)C)CC(C)C)[C@@H](c1ccccc1)c1c(O)c2ccccc2oc1=O. The molecule has 2 aromatic heterocycles. The monoisotopic (exact) mass is 568 g/mol. The van der Waals surface area contributed by atoms with Crippen molar-refractivity contribution in [2.45, 2.75) is 40.5 Å². The average molecular weight is 569 g/mol. The highest BCUT2D eigenvalue weighted by atomic mass is 16.4. The van der Waals surface area contributed by atoms with Gasteiger partial charge in [0.25, 0.3) is 5.91 Å². The van der Waals surface area contributed by atoms with Gasteiger partial charge < -0.3 is 14.4 Å². The van der Waals surface area contributed by atoms with E-state index >= 15 is 0 Å². The van der Waals surface area contributed by atoms with Crippen molar-refractivity contribution in [2.24, 2.45) is 22.9 Å². The Morgan fingerprint density at radius 3 is 2.19 bits per heavy atom. The molecule has 0 aliphatic heterocycles.